The van der Waals surface area contributed by atoms with Gasteiger partial charge in [-0.15, -0.1) is 0 Å². The zero-order chi connectivity index (χ0) is 23.8. The van der Waals surface area contributed by atoms with Crippen molar-refractivity contribution in [1.29, 1.82) is 5.26 Å². The minimum atomic E-state index is -0.227. The normalized spacial score (nSPS) is 20.3. The number of piperidine rings is 1. The lowest BCUT2D eigenvalue weighted by Gasteiger charge is -2.47. The molecular formula is C25H29Cl2N7. The molecule has 0 spiro atoms. The number of fused-ring (bicyclic) bond motifs is 1. The quantitative estimate of drug-likeness (QED) is 0.467. The van der Waals surface area contributed by atoms with Gasteiger partial charge in [0.05, 0.1) is 12.2 Å². The Balaban J connectivity index is 1.38. The third-order valence-corrected chi connectivity index (χ3v) is 7.82. The van der Waals surface area contributed by atoms with E-state index in [1.807, 2.05) is 13.0 Å². The molecule has 2 aliphatic heterocycles. The number of hydrogen-bond donors (Lipinski definition) is 0. The molecule has 2 saturated heterocycles. The van der Waals surface area contributed by atoms with Crippen LogP contribution in [0.3, 0.4) is 0 Å². The summed E-state index contributed by atoms with van der Waals surface area (Å²) in [4.78, 5) is 14.4. The van der Waals surface area contributed by atoms with Crippen molar-refractivity contribution in [2.45, 2.75) is 39.2 Å². The van der Waals surface area contributed by atoms with Crippen molar-refractivity contribution in [2.75, 3.05) is 37.6 Å². The van der Waals surface area contributed by atoms with Crippen LogP contribution in [-0.2, 0) is 0 Å². The van der Waals surface area contributed by atoms with Crippen LogP contribution in [0, 0.1) is 23.2 Å². The van der Waals surface area contributed by atoms with Crippen molar-refractivity contribution < 1.29 is 0 Å². The molecule has 0 bridgehead atoms. The fourth-order valence-electron chi connectivity index (χ4n) is 5.36. The van der Waals surface area contributed by atoms with E-state index >= 15 is 0 Å². The molecule has 34 heavy (non-hydrogen) atoms. The van der Waals surface area contributed by atoms with Crippen molar-refractivity contribution in [2.24, 2.45) is 11.8 Å². The summed E-state index contributed by atoms with van der Waals surface area (Å²) in [7, 11) is 0. The maximum atomic E-state index is 9.62. The average molecular weight is 498 g/mol. The van der Waals surface area contributed by atoms with Crippen LogP contribution >= 0.6 is 23.2 Å². The monoisotopic (exact) mass is 497 g/mol. The first-order chi connectivity index (χ1) is 16.5. The van der Waals surface area contributed by atoms with Crippen LogP contribution < -0.4 is 4.90 Å². The lowest BCUT2D eigenvalue weighted by molar-refractivity contribution is 0.120. The highest BCUT2D eigenvalue weighted by Crippen LogP contribution is 2.35. The van der Waals surface area contributed by atoms with Gasteiger partial charge >= 0.3 is 0 Å². The zero-order valence-corrected chi connectivity index (χ0v) is 21.1. The molecule has 0 saturated carbocycles. The van der Waals surface area contributed by atoms with Crippen molar-refractivity contribution in [3.05, 3.63) is 45.7 Å². The van der Waals surface area contributed by atoms with E-state index in [0.29, 0.717) is 27.1 Å². The van der Waals surface area contributed by atoms with Crippen LogP contribution in [0.25, 0.3) is 11.2 Å². The fourth-order valence-corrected chi connectivity index (χ4v) is 5.93. The molecule has 7 nitrogen and oxygen atoms in total. The van der Waals surface area contributed by atoms with E-state index in [1.54, 1.807) is 23.0 Å². The third-order valence-electron chi connectivity index (χ3n) is 7.26. The van der Waals surface area contributed by atoms with Gasteiger partial charge in [-0.3, -0.25) is 0 Å². The molecule has 178 valence electrons. The van der Waals surface area contributed by atoms with Gasteiger partial charge in [0, 0.05) is 29.7 Å². The Bertz CT molecular complexity index is 1230. The number of benzene rings is 1. The maximum absolute atomic E-state index is 9.62. The Morgan fingerprint density at radius 3 is 2.76 bits per heavy atom. The highest BCUT2D eigenvalue weighted by molar-refractivity contribution is 6.35. The summed E-state index contributed by atoms with van der Waals surface area (Å²) < 4.78 is 1.75. The molecule has 4 heterocycles. The Morgan fingerprint density at radius 2 is 2.03 bits per heavy atom. The number of halogens is 2. The van der Waals surface area contributed by atoms with E-state index in [-0.39, 0.29) is 11.7 Å². The first-order valence-electron chi connectivity index (χ1n) is 12.1. The average Bonchev–Trinajstić information content (AvgIpc) is 3.16. The molecule has 0 N–H and O–H groups in total. The Kier molecular flexibility index (Phi) is 6.65. The molecule has 0 amide bonds. The molecule has 9 heteroatoms. The minimum Gasteiger partial charge on any atom is -0.355 e. The summed E-state index contributed by atoms with van der Waals surface area (Å²) in [5, 5.41) is 15.3. The van der Waals surface area contributed by atoms with Crippen molar-refractivity contribution in [3.8, 4) is 6.07 Å². The largest absolute Gasteiger partial charge is 0.355 e. The second-order valence-corrected chi connectivity index (χ2v) is 10.4. The molecule has 0 aliphatic carbocycles. The molecule has 2 aliphatic rings. The van der Waals surface area contributed by atoms with Gasteiger partial charge in [0.2, 0.25) is 0 Å². The van der Waals surface area contributed by atoms with Gasteiger partial charge < -0.3 is 9.80 Å². The molecule has 1 unspecified atom stereocenters. The molecule has 2 aromatic heterocycles. The summed E-state index contributed by atoms with van der Waals surface area (Å²) in [6.45, 7) is 9.91. The van der Waals surface area contributed by atoms with Gasteiger partial charge in [0.25, 0.3) is 0 Å². The lowest BCUT2D eigenvalue weighted by Crippen LogP contribution is -2.53. The van der Waals surface area contributed by atoms with E-state index in [0.717, 1.165) is 30.4 Å². The maximum Gasteiger partial charge on any atom is 0.190 e. The summed E-state index contributed by atoms with van der Waals surface area (Å²) in [6.07, 6.45) is 5.61. The van der Waals surface area contributed by atoms with Gasteiger partial charge in [0.1, 0.15) is 17.4 Å². The van der Waals surface area contributed by atoms with Crippen LogP contribution in [0.5, 0.6) is 0 Å². The van der Waals surface area contributed by atoms with E-state index in [9.17, 15) is 5.26 Å². The molecule has 2 fully saturated rings. The van der Waals surface area contributed by atoms with Crippen LogP contribution in [0.1, 0.15) is 50.4 Å². The third kappa shape index (κ3) is 4.35. The number of likely N-dealkylation sites (tertiary alicyclic amines) is 1. The van der Waals surface area contributed by atoms with E-state index in [2.05, 4.69) is 32.9 Å². The summed E-state index contributed by atoms with van der Waals surface area (Å²) in [6, 6.07) is 7.34. The number of anilines is 1. The molecule has 1 aromatic carbocycles. The Labute approximate surface area is 210 Å². The van der Waals surface area contributed by atoms with Crippen LogP contribution in [-0.4, -0.2) is 57.4 Å². The second-order valence-electron chi connectivity index (χ2n) is 9.52. The lowest BCUT2D eigenvalue weighted by atomic mass is 9.80. The van der Waals surface area contributed by atoms with Gasteiger partial charge in [-0.05, 0) is 68.8 Å². The van der Waals surface area contributed by atoms with Gasteiger partial charge in [-0.2, -0.15) is 10.4 Å². The number of hydrogen-bond acceptors (Lipinski definition) is 6. The number of nitrogens with zero attached hydrogens (tertiary/aromatic N) is 7. The molecule has 0 radical (unpaired) electrons. The summed E-state index contributed by atoms with van der Waals surface area (Å²) >= 11 is 12.5. The van der Waals surface area contributed by atoms with E-state index < -0.39 is 0 Å². The van der Waals surface area contributed by atoms with Crippen LogP contribution in [0.2, 0.25) is 10.0 Å². The van der Waals surface area contributed by atoms with E-state index in [1.165, 1.54) is 38.9 Å². The predicted octanol–water partition coefficient (Wildman–Crippen LogP) is 5.17. The van der Waals surface area contributed by atoms with Gasteiger partial charge in [-0.1, -0.05) is 36.2 Å². The minimum absolute atomic E-state index is 0.227. The summed E-state index contributed by atoms with van der Waals surface area (Å²) in [5.41, 5.74) is 2.25. The molecular weight excluding hydrogens is 469 g/mol. The first-order valence-corrected chi connectivity index (χ1v) is 12.8. The highest BCUT2D eigenvalue weighted by atomic mass is 35.5. The number of aromatic nitrogens is 4. The van der Waals surface area contributed by atoms with Crippen molar-refractivity contribution in [3.63, 3.8) is 0 Å². The zero-order valence-electron chi connectivity index (χ0n) is 19.6. The van der Waals surface area contributed by atoms with Crippen LogP contribution in [0.4, 0.5) is 5.82 Å². The van der Waals surface area contributed by atoms with Gasteiger partial charge in [0.15, 0.2) is 11.3 Å². The Hall–Kier alpha value is -2.40. The standard InChI is InChI=1S/C25H29Cl2N7/c1-3-8-32-9-4-5-17(13-32)18-14-33(15-18)23-12-29-24-22(11-28)31-34(25(24)30-23)16(2)20-7-6-19(26)10-21(20)27/h6-7,10,12,16-18H,3-5,8-9,13-15H2,1-2H3/t16?,17-/m0/s1. The second kappa shape index (κ2) is 9.69. The fraction of sp³-hybridized carbons (Fsp3) is 0.520. The highest BCUT2D eigenvalue weighted by Gasteiger charge is 2.36. The Morgan fingerprint density at radius 1 is 1.21 bits per heavy atom. The van der Waals surface area contributed by atoms with Crippen molar-refractivity contribution >= 4 is 40.2 Å². The summed E-state index contributed by atoms with van der Waals surface area (Å²) in [5.74, 6) is 2.30. The smallest absolute Gasteiger partial charge is 0.190 e. The van der Waals surface area contributed by atoms with E-state index in [4.69, 9.17) is 28.2 Å². The van der Waals surface area contributed by atoms with Crippen LogP contribution in [0.15, 0.2) is 24.4 Å². The molecule has 3 aromatic rings. The number of rotatable bonds is 6. The van der Waals surface area contributed by atoms with Crippen molar-refractivity contribution in [1.82, 2.24) is 24.6 Å². The molecule has 5 rings (SSSR count). The SMILES string of the molecule is CCCN1CCC[C@H](C2CN(c3cnc4c(C#N)nn(C(C)c5ccc(Cl)cc5Cl)c4n3)C2)C1. The van der Waals surface area contributed by atoms with Gasteiger partial charge in [-0.25, -0.2) is 14.6 Å². The first kappa shape index (κ1) is 23.3. The topological polar surface area (TPSA) is 73.9 Å². The molecule has 2 atom stereocenters. The predicted molar refractivity (Wildman–Crippen MR) is 135 cm³/mol. The number of nitriles is 1.